The molecule has 0 spiro atoms. The molecule has 8 heteroatoms. The van der Waals surface area contributed by atoms with Gasteiger partial charge in [0, 0.05) is 31.6 Å². The number of nitrogens with zero attached hydrogens (tertiary/aromatic N) is 3. The summed E-state index contributed by atoms with van der Waals surface area (Å²) in [7, 11) is 0. The van der Waals surface area contributed by atoms with Gasteiger partial charge in [0.1, 0.15) is 6.61 Å². The van der Waals surface area contributed by atoms with Gasteiger partial charge in [-0.25, -0.2) is 0 Å². The quantitative estimate of drug-likeness (QED) is 0.872. The summed E-state index contributed by atoms with van der Waals surface area (Å²) in [5, 5.41) is 6.64. The molecule has 0 bridgehead atoms. The van der Waals surface area contributed by atoms with Crippen LogP contribution in [0.25, 0.3) is 0 Å². The van der Waals surface area contributed by atoms with E-state index < -0.39 is 5.92 Å². The molecule has 1 saturated heterocycles. The number of rotatable bonds is 5. The summed E-state index contributed by atoms with van der Waals surface area (Å²) in [6.07, 6.45) is 0.842. The van der Waals surface area contributed by atoms with Gasteiger partial charge in [0.2, 0.25) is 11.8 Å². The Kier molecular flexibility index (Phi) is 4.42. The van der Waals surface area contributed by atoms with Gasteiger partial charge >= 0.3 is 0 Å². The van der Waals surface area contributed by atoms with Gasteiger partial charge in [-0.3, -0.25) is 9.59 Å². The van der Waals surface area contributed by atoms with E-state index in [0.717, 1.165) is 11.3 Å². The molecule has 2 amide bonds. The number of fused-ring (bicyclic) bond motifs is 1. The summed E-state index contributed by atoms with van der Waals surface area (Å²) in [5.74, 6) is 0.522. The predicted molar refractivity (Wildman–Crippen MR) is 91.3 cm³/mol. The predicted octanol–water partition coefficient (Wildman–Crippen LogP) is 1.49. The molecule has 1 fully saturated rings. The Morgan fingerprint density at radius 3 is 2.96 bits per heavy atom. The van der Waals surface area contributed by atoms with Crippen molar-refractivity contribution in [3.63, 3.8) is 0 Å². The van der Waals surface area contributed by atoms with Crippen LogP contribution < -0.4 is 5.32 Å². The molecule has 136 valence electrons. The van der Waals surface area contributed by atoms with Gasteiger partial charge in [0.05, 0.1) is 12.0 Å². The molecule has 0 saturated carbocycles. The van der Waals surface area contributed by atoms with E-state index in [1.54, 1.807) is 4.90 Å². The number of carbonyl (C=O) groups excluding carboxylic acids is 2. The molecule has 3 heterocycles. The maximum atomic E-state index is 12.8. The Morgan fingerprint density at radius 2 is 2.19 bits per heavy atom. The molecule has 2 aliphatic heterocycles. The van der Waals surface area contributed by atoms with Crippen LogP contribution in [0.2, 0.25) is 0 Å². The highest BCUT2D eigenvalue weighted by atomic mass is 16.5. The van der Waals surface area contributed by atoms with E-state index >= 15 is 0 Å². The lowest BCUT2D eigenvalue weighted by molar-refractivity contribution is -0.149. The van der Waals surface area contributed by atoms with Gasteiger partial charge in [-0.1, -0.05) is 30.3 Å². The minimum absolute atomic E-state index is 0.0294. The highest BCUT2D eigenvalue weighted by Gasteiger charge is 2.39. The van der Waals surface area contributed by atoms with Crippen LogP contribution in [0.4, 0.5) is 5.69 Å². The zero-order valence-corrected chi connectivity index (χ0v) is 14.5. The number of hydrogen-bond acceptors (Lipinski definition) is 6. The maximum Gasteiger partial charge on any atom is 0.252 e. The van der Waals surface area contributed by atoms with Gasteiger partial charge < -0.3 is 19.5 Å². The average Bonchev–Trinajstić information content (AvgIpc) is 3.07. The van der Waals surface area contributed by atoms with Crippen LogP contribution in [0.5, 0.6) is 0 Å². The van der Waals surface area contributed by atoms with Crippen LogP contribution in [0, 0.1) is 0 Å². The van der Waals surface area contributed by atoms with Gasteiger partial charge in [-0.15, -0.1) is 0 Å². The van der Waals surface area contributed by atoms with Crippen LogP contribution >= 0.6 is 0 Å². The zero-order valence-electron chi connectivity index (χ0n) is 14.5. The van der Waals surface area contributed by atoms with Crippen LogP contribution in [-0.2, 0) is 27.4 Å². The number of carbonyl (C=O) groups is 2. The third-order valence-electron chi connectivity index (χ3n) is 4.73. The lowest BCUT2D eigenvalue weighted by Crippen LogP contribution is -2.56. The van der Waals surface area contributed by atoms with Crippen LogP contribution in [0.15, 0.2) is 28.8 Å². The first-order valence-corrected chi connectivity index (χ1v) is 8.74. The SMILES string of the molecule is CCc1noc(COC2CN(C(=O)C3CC(=O)Nc4ccccc43)C2)n1. The molecule has 4 rings (SSSR count). The van der Waals surface area contributed by atoms with Crippen LogP contribution in [0.1, 0.15) is 36.5 Å². The number of para-hydroxylation sites is 1. The summed E-state index contributed by atoms with van der Waals surface area (Å²) >= 11 is 0. The van der Waals surface area contributed by atoms with E-state index in [4.69, 9.17) is 9.26 Å². The van der Waals surface area contributed by atoms with E-state index in [-0.39, 0.29) is 30.9 Å². The molecule has 1 atom stereocenters. The van der Waals surface area contributed by atoms with Crippen molar-refractivity contribution in [3.8, 4) is 0 Å². The van der Waals surface area contributed by atoms with Crippen LogP contribution in [-0.4, -0.2) is 46.0 Å². The van der Waals surface area contributed by atoms with Crippen molar-refractivity contribution in [1.82, 2.24) is 15.0 Å². The molecule has 8 nitrogen and oxygen atoms in total. The molecule has 2 aromatic rings. The number of aryl methyl sites for hydroxylation is 1. The van der Waals surface area contributed by atoms with Crippen molar-refractivity contribution in [1.29, 1.82) is 0 Å². The summed E-state index contributed by atoms with van der Waals surface area (Å²) in [5.41, 5.74) is 1.60. The van der Waals surface area contributed by atoms with Gasteiger partial charge in [-0.2, -0.15) is 4.98 Å². The molecule has 2 aliphatic rings. The summed E-state index contributed by atoms with van der Waals surface area (Å²) in [6.45, 7) is 3.21. The van der Waals surface area contributed by atoms with Crippen molar-refractivity contribution in [2.24, 2.45) is 0 Å². The second-order valence-corrected chi connectivity index (χ2v) is 6.53. The molecular formula is C18H20N4O4. The fourth-order valence-corrected chi connectivity index (χ4v) is 3.26. The summed E-state index contributed by atoms with van der Waals surface area (Å²) < 4.78 is 10.8. The van der Waals surface area contributed by atoms with E-state index in [2.05, 4.69) is 15.5 Å². The number of hydrogen-bond donors (Lipinski definition) is 1. The highest BCUT2D eigenvalue weighted by Crippen LogP contribution is 2.34. The third kappa shape index (κ3) is 3.20. The Morgan fingerprint density at radius 1 is 1.38 bits per heavy atom. The van der Waals surface area contributed by atoms with Gasteiger partial charge in [0.25, 0.3) is 5.89 Å². The Bertz CT molecular complexity index is 828. The molecule has 1 aromatic carbocycles. The first kappa shape index (κ1) is 16.7. The third-order valence-corrected chi connectivity index (χ3v) is 4.73. The fourth-order valence-electron chi connectivity index (χ4n) is 3.26. The molecule has 1 unspecified atom stereocenters. The number of anilines is 1. The smallest absolute Gasteiger partial charge is 0.252 e. The lowest BCUT2D eigenvalue weighted by Gasteiger charge is -2.41. The van der Waals surface area contributed by atoms with E-state index in [9.17, 15) is 9.59 Å². The van der Waals surface area contributed by atoms with Crippen molar-refractivity contribution in [3.05, 3.63) is 41.5 Å². The van der Waals surface area contributed by atoms with Crippen LogP contribution in [0.3, 0.4) is 0 Å². The highest BCUT2D eigenvalue weighted by molar-refractivity contribution is 6.01. The average molecular weight is 356 g/mol. The van der Waals surface area contributed by atoms with Crippen molar-refractivity contribution >= 4 is 17.5 Å². The second-order valence-electron chi connectivity index (χ2n) is 6.53. The van der Waals surface area contributed by atoms with Crippen molar-refractivity contribution < 1.29 is 18.8 Å². The largest absolute Gasteiger partial charge is 0.365 e. The van der Waals surface area contributed by atoms with Gasteiger partial charge in [-0.05, 0) is 11.6 Å². The summed E-state index contributed by atoms with van der Waals surface area (Å²) in [4.78, 5) is 30.6. The molecule has 26 heavy (non-hydrogen) atoms. The standard InChI is InChI=1S/C18H20N4O4/c1-2-15-20-17(26-21-15)10-25-11-8-22(9-11)18(24)13-7-16(23)19-14-6-4-3-5-12(13)14/h3-6,11,13H,2,7-10H2,1H3,(H,19,23). The molecule has 1 aromatic heterocycles. The number of likely N-dealkylation sites (tertiary alicyclic amines) is 1. The second kappa shape index (κ2) is 6.87. The van der Waals surface area contributed by atoms with E-state index in [0.29, 0.717) is 31.2 Å². The Balaban J connectivity index is 1.33. The Labute approximate surface area is 150 Å². The number of benzene rings is 1. The molecule has 0 radical (unpaired) electrons. The normalized spacial score (nSPS) is 19.7. The van der Waals surface area contributed by atoms with Crippen molar-refractivity contribution in [2.75, 3.05) is 18.4 Å². The first-order chi connectivity index (χ1) is 12.6. The number of amides is 2. The van der Waals surface area contributed by atoms with Crippen molar-refractivity contribution in [2.45, 2.75) is 38.4 Å². The minimum Gasteiger partial charge on any atom is -0.365 e. The number of nitrogens with one attached hydrogen (secondary N) is 1. The Hall–Kier alpha value is -2.74. The van der Waals surface area contributed by atoms with E-state index in [1.807, 2.05) is 31.2 Å². The maximum absolute atomic E-state index is 12.8. The molecular weight excluding hydrogens is 336 g/mol. The number of aromatic nitrogens is 2. The zero-order chi connectivity index (χ0) is 18.1. The number of ether oxygens (including phenoxy) is 1. The lowest BCUT2D eigenvalue weighted by atomic mass is 9.88. The van der Waals surface area contributed by atoms with E-state index in [1.165, 1.54) is 0 Å². The van der Waals surface area contributed by atoms with Gasteiger partial charge in [0.15, 0.2) is 5.82 Å². The first-order valence-electron chi connectivity index (χ1n) is 8.74. The minimum atomic E-state index is -0.427. The summed E-state index contributed by atoms with van der Waals surface area (Å²) in [6, 6.07) is 7.45. The fraction of sp³-hybridized carbons (Fsp3) is 0.444. The monoisotopic (exact) mass is 356 g/mol. The molecule has 1 N–H and O–H groups in total. The topological polar surface area (TPSA) is 97.6 Å². The molecule has 0 aliphatic carbocycles.